The van der Waals surface area contributed by atoms with E-state index in [1.165, 1.54) is 16.7 Å². The molecule has 0 atom stereocenters. The highest BCUT2D eigenvalue weighted by molar-refractivity contribution is 5.38. The van der Waals surface area contributed by atoms with Gasteiger partial charge in [0, 0.05) is 5.54 Å². The lowest BCUT2D eigenvalue weighted by molar-refractivity contribution is 0.191. The third-order valence-electron chi connectivity index (χ3n) is 4.02. The Morgan fingerprint density at radius 3 is 2.44 bits per heavy atom. The van der Waals surface area contributed by atoms with Crippen LogP contribution in [-0.4, -0.2) is 25.0 Å². The molecule has 1 aromatic rings. The first-order chi connectivity index (χ1) is 7.53. The molecule has 0 bridgehead atoms. The zero-order valence-corrected chi connectivity index (χ0v) is 10.6. The molecule has 0 saturated carbocycles. The van der Waals surface area contributed by atoms with E-state index in [0.29, 0.717) is 0 Å². The maximum absolute atomic E-state index is 6.59. The molecule has 0 aromatic heterocycles. The first-order valence-electron chi connectivity index (χ1n) is 6.07. The fourth-order valence-corrected chi connectivity index (χ4v) is 2.58. The van der Waals surface area contributed by atoms with Crippen LogP contribution in [0, 0.1) is 13.8 Å². The first kappa shape index (κ1) is 11.6. The predicted octanol–water partition coefficient (Wildman–Crippen LogP) is 2.18. The second-order valence-electron chi connectivity index (χ2n) is 5.21. The van der Waals surface area contributed by atoms with Crippen molar-refractivity contribution in [2.75, 3.05) is 20.1 Å². The van der Waals surface area contributed by atoms with Crippen LogP contribution in [0.15, 0.2) is 18.2 Å². The van der Waals surface area contributed by atoms with Crippen molar-refractivity contribution < 1.29 is 0 Å². The zero-order chi connectivity index (χ0) is 11.8. The van der Waals surface area contributed by atoms with Gasteiger partial charge in [0.1, 0.15) is 0 Å². The molecule has 1 aliphatic heterocycles. The minimum Gasteiger partial charge on any atom is -0.321 e. The number of likely N-dealkylation sites (tertiary alicyclic amines) is 1. The Morgan fingerprint density at radius 1 is 1.19 bits per heavy atom. The number of hydrogen-bond acceptors (Lipinski definition) is 2. The van der Waals surface area contributed by atoms with Crippen molar-refractivity contribution in [1.29, 1.82) is 0 Å². The Kier molecular flexibility index (Phi) is 3.04. The second-order valence-corrected chi connectivity index (χ2v) is 5.21. The van der Waals surface area contributed by atoms with E-state index in [4.69, 9.17) is 5.73 Å². The predicted molar refractivity (Wildman–Crippen MR) is 68.5 cm³/mol. The van der Waals surface area contributed by atoms with Gasteiger partial charge in [0.25, 0.3) is 0 Å². The summed E-state index contributed by atoms with van der Waals surface area (Å²) in [5.74, 6) is 0. The molecular formula is C14H22N2. The van der Waals surface area contributed by atoms with Crippen molar-refractivity contribution in [3.05, 3.63) is 34.9 Å². The van der Waals surface area contributed by atoms with Crippen LogP contribution in [-0.2, 0) is 5.54 Å². The summed E-state index contributed by atoms with van der Waals surface area (Å²) in [6, 6.07) is 6.50. The lowest BCUT2D eigenvalue weighted by Crippen LogP contribution is -2.47. The second kappa shape index (κ2) is 4.19. The lowest BCUT2D eigenvalue weighted by atomic mass is 9.79. The van der Waals surface area contributed by atoms with E-state index in [9.17, 15) is 0 Å². The average molecular weight is 218 g/mol. The molecular weight excluding hydrogens is 196 g/mol. The normalized spacial score (nSPS) is 21.0. The van der Waals surface area contributed by atoms with Crippen LogP contribution in [0.25, 0.3) is 0 Å². The maximum atomic E-state index is 6.59. The van der Waals surface area contributed by atoms with E-state index in [1.807, 2.05) is 0 Å². The molecule has 2 N–H and O–H groups in total. The molecule has 0 radical (unpaired) electrons. The standard InChI is InChI=1S/C14H22N2/c1-11-5-4-6-13(12(11)2)14(15)7-9-16(3)10-8-14/h4-6H,7-10,15H2,1-3H3. The van der Waals surface area contributed by atoms with E-state index >= 15 is 0 Å². The van der Waals surface area contributed by atoms with Gasteiger partial charge in [0.15, 0.2) is 0 Å². The monoisotopic (exact) mass is 218 g/mol. The van der Waals surface area contributed by atoms with Crippen molar-refractivity contribution in [3.63, 3.8) is 0 Å². The molecule has 16 heavy (non-hydrogen) atoms. The highest BCUT2D eigenvalue weighted by atomic mass is 15.1. The number of piperidine rings is 1. The quantitative estimate of drug-likeness (QED) is 0.783. The van der Waals surface area contributed by atoms with Gasteiger partial charge in [-0.05, 0) is 63.5 Å². The maximum Gasteiger partial charge on any atom is 0.0436 e. The Bertz CT molecular complexity index is 376. The number of benzene rings is 1. The number of nitrogens with two attached hydrogens (primary N) is 1. The molecule has 0 amide bonds. The molecule has 88 valence electrons. The van der Waals surface area contributed by atoms with Crippen LogP contribution in [0.2, 0.25) is 0 Å². The van der Waals surface area contributed by atoms with Crippen LogP contribution < -0.4 is 5.73 Å². The molecule has 0 spiro atoms. The number of nitrogens with zero attached hydrogens (tertiary/aromatic N) is 1. The van der Waals surface area contributed by atoms with Crippen LogP contribution in [0.4, 0.5) is 0 Å². The number of aryl methyl sites for hydroxylation is 1. The van der Waals surface area contributed by atoms with Crippen molar-refractivity contribution in [2.24, 2.45) is 5.73 Å². The van der Waals surface area contributed by atoms with E-state index < -0.39 is 0 Å². The Morgan fingerprint density at radius 2 is 1.81 bits per heavy atom. The van der Waals surface area contributed by atoms with Gasteiger partial charge in [-0.1, -0.05) is 18.2 Å². The van der Waals surface area contributed by atoms with Crippen LogP contribution >= 0.6 is 0 Å². The highest BCUT2D eigenvalue weighted by Gasteiger charge is 2.32. The van der Waals surface area contributed by atoms with Gasteiger partial charge in [0.05, 0.1) is 0 Å². The van der Waals surface area contributed by atoms with Gasteiger partial charge in [-0.2, -0.15) is 0 Å². The summed E-state index contributed by atoms with van der Waals surface area (Å²) in [6.07, 6.45) is 2.13. The van der Waals surface area contributed by atoms with Gasteiger partial charge in [-0.15, -0.1) is 0 Å². The van der Waals surface area contributed by atoms with Crippen LogP contribution in [0.3, 0.4) is 0 Å². The molecule has 1 saturated heterocycles. The van der Waals surface area contributed by atoms with E-state index in [2.05, 4.69) is 44.0 Å². The summed E-state index contributed by atoms with van der Waals surface area (Å²) < 4.78 is 0. The smallest absolute Gasteiger partial charge is 0.0436 e. The fraction of sp³-hybridized carbons (Fsp3) is 0.571. The van der Waals surface area contributed by atoms with Gasteiger partial charge in [0.2, 0.25) is 0 Å². The molecule has 1 fully saturated rings. The summed E-state index contributed by atoms with van der Waals surface area (Å²) >= 11 is 0. The topological polar surface area (TPSA) is 29.3 Å². The minimum absolute atomic E-state index is 0.109. The van der Waals surface area contributed by atoms with E-state index in [0.717, 1.165) is 25.9 Å². The number of hydrogen-bond donors (Lipinski definition) is 1. The molecule has 0 aliphatic carbocycles. The SMILES string of the molecule is Cc1cccc(C2(N)CCN(C)CC2)c1C. The summed E-state index contributed by atoms with van der Waals surface area (Å²) in [4.78, 5) is 2.36. The first-order valence-corrected chi connectivity index (χ1v) is 6.07. The summed E-state index contributed by atoms with van der Waals surface area (Å²) in [6.45, 7) is 6.56. The molecule has 2 nitrogen and oxygen atoms in total. The van der Waals surface area contributed by atoms with Gasteiger partial charge in [-0.3, -0.25) is 0 Å². The van der Waals surface area contributed by atoms with E-state index in [1.54, 1.807) is 0 Å². The van der Waals surface area contributed by atoms with Gasteiger partial charge >= 0.3 is 0 Å². The van der Waals surface area contributed by atoms with E-state index in [-0.39, 0.29) is 5.54 Å². The molecule has 0 unspecified atom stereocenters. The summed E-state index contributed by atoms with van der Waals surface area (Å²) in [7, 11) is 2.17. The van der Waals surface area contributed by atoms with Crippen molar-refractivity contribution >= 4 is 0 Å². The minimum atomic E-state index is -0.109. The number of rotatable bonds is 1. The molecule has 1 aromatic carbocycles. The largest absolute Gasteiger partial charge is 0.321 e. The molecule has 2 rings (SSSR count). The highest BCUT2D eigenvalue weighted by Crippen LogP contribution is 2.32. The van der Waals surface area contributed by atoms with Crippen LogP contribution in [0.1, 0.15) is 29.5 Å². The Labute approximate surface area is 98.4 Å². The average Bonchev–Trinajstić information content (AvgIpc) is 2.27. The Balaban J connectivity index is 2.32. The summed E-state index contributed by atoms with van der Waals surface area (Å²) in [5.41, 5.74) is 10.5. The summed E-state index contributed by atoms with van der Waals surface area (Å²) in [5, 5.41) is 0. The Hall–Kier alpha value is -0.860. The third kappa shape index (κ3) is 2.00. The fourth-order valence-electron chi connectivity index (χ4n) is 2.58. The third-order valence-corrected chi connectivity index (χ3v) is 4.02. The van der Waals surface area contributed by atoms with Crippen molar-refractivity contribution in [3.8, 4) is 0 Å². The van der Waals surface area contributed by atoms with Crippen molar-refractivity contribution in [1.82, 2.24) is 4.90 Å². The van der Waals surface area contributed by atoms with Gasteiger partial charge < -0.3 is 10.6 Å². The molecule has 2 heteroatoms. The van der Waals surface area contributed by atoms with Crippen LogP contribution in [0.5, 0.6) is 0 Å². The van der Waals surface area contributed by atoms with Gasteiger partial charge in [-0.25, -0.2) is 0 Å². The zero-order valence-electron chi connectivity index (χ0n) is 10.6. The van der Waals surface area contributed by atoms with Crippen molar-refractivity contribution in [2.45, 2.75) is 32.2 Å². The molecule has 1 aliphatic rings. The molecule has 1 heterocycles. The lowest BCUT2D eigenvalue weighted by Gasteiger charge is -2.39.